The van der Waals surface area contributed by atoms with E-state index in [1.165, 1.54) is 7.11 Å². The van der Waals surface area contributed by atoms with Gasteiger partial charge in [-0.05, 0) is 32.4 Å². The third kappa shape index (κ3) is 2.92. The number of rotatable bonds is 3. The number of esters is 1. The summed E-state index contributed by atoms with van der Waals surface area (Å²) in [4.78, 5) is 17.2. The number of ether oxygens (including phenoxy) is 1. The molecular weight excluding hydrogens is 326 g/mol. The van der Waals surface area contributed by atoms with Crippen molar-refractivity contribution in [3.63, 3.8) is 0 Å². The minimum Gasteiger partial charge on any atom is -0.464 e. The summed E-state index contributed by atoms with van der Waals surface area (Å²) in [5.41, 5.74) is 5.55. The predicted molar refractivity (Wildman–Crippen MR) is 104 cm³/mol. The number of hydrazone groups is 1. The van der Waals surface area contributed by atoms with E-state index >= 15 is 0 Å². The molecule has 1 aliphatic heterocycles. The first-order valence-corrected chi connectivity index (χ1v) is 8.43. The summed E-state index contributed by atoms with van der Waals surface area (Å²) < 4.78 is 4.98. The van der Waals surface area contributed by atoms with Crippen LogP contribution in [0.4, 0.5) is 0 Å². The van der Waals surface area contributed by atoms with E-state index in [4.69, 9.17) is 9.72 Å². The Bertz CT molecular complexity index is 928. The van der Waals surface area contributed by atoms with E-state index in [1.54, 1.807) is 18.1 Å². The molecule has 1 aliphatic rings. The smallest absolute Gasteiger partial charge is 0.357 e. The number of methoxy groups -OCH3 is 1. The van der Waals surface area contributed by atoms with Gasteiger partial charge in [0, 0.05) is 17.3 Å². The van der Waals surface area contributed by atoms with Gasteiger partial charge in [0.2, 0.25) is 0 Å². The topological polar surface area (TPSA) is 54.8 Å². The van der Waals surface area contributed by atoms with Crippen LogP contribution in [0.5, 0.6) is 0 Å². The van der Waals surface area contributed by atoms with Crippen molar-refractivity contribution in [3.8, 4) is 11.3 Å². The second-order valence-electron chi connectivity index (χ2n) is 5.78. The molecule has 0 saturated carbocycles. The van der Waals surface area contributed by atoms with Crippen molar-refractivity contribution in [2.45, 2.75) is 20.8 Å². The molecule has 0 fully saturated rings. The second-order valence-corrected chi connectivity index (χ2v) is 5.78. The fraction of sp³-hybridized carbons (Fsp3) is 0.190. The lowest BCUT2D eigenvalue weighted by Gasteiger charge is -2.30. The van der Waals surface area contributed by atoms with Crippen molar-refractivity contribution >= 4 is 23.5 Å². The van der Waals surface area contributed by atoms with Gasteiger partial charge in [-0.2, -0.15) is 5.10 Å². The highest BCUT2D eigenvalue weighted by atomic mass is 16.5. The maximum atomic E-state index is 12.4. The predicted octanol–water partition coefficient (Wildman–Crippen LogP) is 4.33. The number of carbonyl (C=O) groups is 1. The second kappa shape index (κ2) is 7.35. The Labute approximate surface area is 153 Å². The summed E-state index contributed by atoms with van der Waals surface area (Å²) in [7, 11) is 1.37. The van der Waals surface area contributed by atoms with E-state index < -0.39 is 5.97 Å². The van der Waals surface area contributed by atoms with Gasteiger partial charge in [-0.1, -0.05) is 42.5 Å². The Hall–Kier alpha value is -3.21. The molecule has 1 aromatic carbocycles. The molecule has 0 bridgehead atoms. The normalized spacial score (nSPS) is 15.5. The van der Waals surface area contributed by atoms with Gasteiger partial charge < -0.3 is 4.74 Å². The molecule has 132 valence electrons. The third-order valence-corrected chi connectivity index (χ3v) is 4.29. The number of carbonyl (C=O) groups excluding carboxylic acids is 1. The van der Waals surface area contributed by atoms with Gasteiger partial charge >= 0.3 is 5.97 Å². The maximum absolute atomic E-state index is 12.4. The largest absolute Gasteiger partial charge is 0.464 e. The molecule has 0 atom stereocenters. The lowest BCUT2D eigenvalue weighted by atomic mass is 9.95. The first-order chi connectivity index (χ1) is 12.6. The average Bonchev–Trinajstić information content (AvgIpc) is 2.68. The third-order valence-electron chi connectivity index (χ3n) is 4.29. The van der Waals surface area contributed by atoms with Crippen LogP contribution in [0.15, 0.2) is 59.3 Å². The van der Waals surface area contributed by atoms with Crippen LogP contribution >= 0.6 is 0 Å². The van der Waals surface area contributed by atoms with Gasteiger partial charge in [-0.15, -0.1) is 0 Å². The minimum absolute atomic E-state index is 0.403. The number of nitrogens with zero attached hydrogens (tertiary/aromatic N) is 3. The number of allylic oxidation sites excluding steroid dienone is 2. The van der Waals surface area contributed by atoms with Crippen molar-refractivity contribution in [3.05, 3.63) is 65.5 Å². The molecular formula is C21H21N3O2. The summed E-state index contributed by atoms with van der Waals surface area (Å²) >= 11 is 0. The van der Waals surface area contributed by atoms with Gasteiger partial charge in [0.1, 0.15) is 0 Å². The van der Waals surface area contributed by atoms with E-state index in [0.717, 1.165) is 33.8 Å². The molecule has 0 amide bonds. The van der Waals surface area contributed by atoms with Gasteiger partial charge in [0.25, 0.3) is 0 Å². The molecule has 3 rings (SSSR count). The summed E-state index contributed by atoms with van der Waals surface area (Å²) in [6.07, 6.45) is 3.55. The zero-order valence-electron chi connectivity index (χ0n) is 15.4. The number of aromatic nitrogens is 1. The van der Waals surface area contributed by atoms with Crippen LogP contribution in [-0.2, 0) is 9.53 Å². The van der Waals surface area contributed by atoms with E-state index in [-0.39, 0.29) is 0 Å². The Kier molecular flexibility index (Phi) is 4.98. The number of benzene rings is 1. The molecule has 2 heterocycles. The van der Waals surface area contributed by atoms with E-state index in [9.17, 15) is 4.79 Å². The molecule has 0 radical (unpaired) electrons. The fourth-order valence-corrected chi connectivity index (χ4v) is 3.06. The Morgan fingerprint density at radius 1 is 1.15 bits per heavy atom. The highest BCUT2D eigenvalue weighted by Crippen LogP contribution is 2.39. The van der Waals surface area contributed by atoms with Crippen LogP contribution in [0, 0.1) is 0 Å². The van der Waals surface area contributed by atoms with Crippen molar-refractivity contribution in [1.82, 2.24) is 9.99 Å². The first-order valence-electron chi connectivity index (χ1n) is 8.43. The number of hydrogen-bond acceptors (Lipinski definition) is 5. The molecule has 26 heavy (non-hydrogen) atoms. The van der Waals surface area contributed by atoms with Crippen LogP contribution in [0.2, 0.25) is 0 Å². The molecule has 5 heteroatoms. The monoisotopic (exact) mass is 347 g/mol. The quantitative estimate of drug-likeness (QED) is 0.612. The standard InChI is InChI=1S/C21H21N3O2/c1-5-18-19-16(12-13-17(23-19)15-10-8-7-9-11-15)14(3)20(21(25)26-4)24(18)22-6-2/h5-13H,1-4H3/b18-5+,22-6-. The molecule has 0 unspecified atom stereocenters. The number of pyridine rings is 1. The molecule has 0 N–H and O–H groups in total. The minimum atomic E-state index is -0.426. The Balaban J connectivity index is 2.25. The Morgan fingerprint density at radius 2 is 1.88 bits per heavy atom. The zero-order valence-corrected chi connectivity index (χ0v) is 15.4. The van der Waals surface area contributed by atoms with Crippen molar-refractivity contribution < 1.29 is 9.53 Å². The molecule has 5 nitrogen and oxygen atoms in total. The maximum Gasteiger partial charge on any atom is 0.357 e. The zero-order chi connectivity index (χ0) is 18.7. The molecule has 1 aromatic heterocycles. The summed E-state index contributed by atoms with van der Waals surface area (Å²) in [5, 5.41) is 5.98. The Morgan fingerprint density at radius 3 is 2.50 bits per heavy atom. The van der Waals surface area contributed by atoms with E-state index in [0.29, 0.717) is 5.70 Å². The van der Waals surface area contributed by atoms with Gasteiger partial charge in [-0.3, -0.25) is 0 Å². The van der Waals surface area contributed by atoms with Crippen LogP contribution in [-0.4, -0.2) is 29.3 Å². The first kappa shape index (κ1) is 17.6. The van der Waals surface area contributed by atoms with Crippen LogP contribution in [0.1, 0.15) is 32.0 Å². The van der Waals surface area contributed by atoms with Crippen LogP contribution in [0.25, 0.3) is 22.5 Å². The SMILES string of the molecule is C/C=N\N1C(C(=O)OC)=C(C)c2ccc(-c3ccccc3)nc2/C1=C\C. The van der Waals surface area contributed by atoms with Gasteiger partial charge in [0.15, 0.2) is 5.70 Å². The number of hydrogen-bond donors (Lipinski definition) is 0. The van der Waals surface area contributed by atoms with E-state index in [1.807, 2.05) is 62.4 Å². The van der Waals surface area contributed by atoms with Crippen LogP contribution in [0.3, 0.4) is 0 Å². The van der Waals surface area contributed by atoms with Gasteiger partial charge in [0.05, 0.1) is 24.2 Å². The van der Waals surface area contributed by atoms with Crippen molar-refractivity contribution in [2.75, 3.05) is 7.11 Å². The van der Waals surface area contributed by atoms with E-state index in [2.05, 4.69) is 5.10 Å². The molecule has 0 saturated heterocycles. The molecule has 0 aliphatic carbocycles. The van der Waals surface area contributed by atoms with Crippen LogP contribution < -0.4 is 0 Å². The molecule has 0 spiro atoms. The molecule has 2 aromatic rings. The lowest BCUT2D eigenvalue weighted by molar-refractivity contribution is -0.137. The summed E-state index contributed by atoms with van der Waals surface area (Å²) in [5.74, 6) is -0.426. The fourth-order valence-electron chi connectivity index (χ4n) is 3.06. The number of fused-ring (bicyclic) bond motifs is 1. The van der Waals surface area contributed by atoms with Crippen molar-refractivity contribution in [2.24, 2.45) is 5.10 Å². The van der Waals surface area contributed by atoms with Gasteiger partial charge in [-0.25, -0.2) is 14.8 Å². The summed E-state index contributed by atoms with van der Waals surface area (Å²) in [6, 6.07) is 14.0. The highest BCUT2D eigenvalue weighted by Gasteiger charge is 2.32. The average molecular weight is 347 g/mol. The lowest BCUT2D eigenvalue weighted by Crippen LogP contribution is -2.28. The highest BCUT2D eigenvalue weighted by molar-refractivity contribution is 6.02. The van der Waals surface area contributed by atoms with Crippen molar-refractivity contribution in [1.29, 1.82) is 0 Å². The summed E-state index contributed by atoms with van der Waals surface area (Å²) in [6.45, 7) is 5.60.